The fourth-order valence-corrected chi connectivity index (χ4v) is 7.08. The van der Waals surface area contributed by atoms with Gasteiger partial charge in [-0.05, 0) is 32.1 Å². The van der Waals surface area contributed by atoms with Crippen LogP contribution in [0, 0.1) is 0 Å². The summed E-state index contributed by atoms with van der Waals surface area (Å²) in [5, 5.41) is 30.8. The first-order valence-electron chi connectivity index (χ1n) is 21.7. The SMILES string of the molecule is CC/C=C/C=C/C=C/C=C/CCCCCC(=O)OC(COC(=O)CCCCCCCCCCCCCCCCCC)CO[C@H]1O[C@H](CS(=O)(=O)O)[C@@H](O)C(O)C1O. The van der Waals surface area contributed by atoms with E-state index >= 15 is 0 Å². The molecular formula is C44H76O12S. The van der Waals surface area contributed by atoms with E-state index in [9.17, 15) is 37.9 Å². The third kappa shape index (κ3) is 29.5. The molecule has 13 heteroatoms. The van der Waals surface area contributed by atoms with Crippen LogP contribution in [-0.2, 0) is 38.7 Å². The fourth-order valence-electron chi connectivity index (χ4n) is 6.39. The molecule has 0 spiro atoms. The third-order valence-corrected chi connectivity index (χ3v) is 10.5. The number of esters is 2. The average Bonchev–Trinajstić information content (AvgIpc) is 3.17. The molecule has 0 saturated carbocycles. The van der Waals surface area contributed by atoms with Crippen molar-refractivity contribution >= 4 is 22.1 Å². The molecule has 0 aromatic heterocycles. The minimum Gasteiger partial charge on any atom is -0.462 e. The van der Waals surface area contributed by atoms with E-state index in [0.717, 1.165) is 44.9 Å². The molecule has 330 valence electrons. The molecule has 0 radical (unpaired) electrons. The summed E-state index contributed by atoms with van der Waals surface area (Å²) in [4.78, 5) is 25.3. The van der Waals surface area contributed by atoms with Gasteiger partial charge in [0, 0.05) is 12.8 Å². The van der Waals surface area contributed by atoms with Gasteiger partial charge in [-0.15, -0.1) is 0 Å². The topological polar surface area (TPSA) is 186 Å². The Morgan fingerprint density at radius 3 is 1.65 bits per heavy atom. The Morgan fingerprint density at radius 2 is 1.11 bits per heavy atom. The summed E-state index contributed by atoms with van der Waals surface area (Å²) in [6, 6.07) is 0. The van der Waals surface area contributed by atoms with Crippen LogP contribution in [0.5, 0.6) is 0 Å². The van der Waals surface area contributed by atoms with Gasteiger partial charge in [-0.2, -0.15) is 8.42 Å². The molecule has 1 aliphatic heterocycles. The number of carbonyl (C=O) groups is 2. The van der Waals surface area contributed by atoms with Gasteiger partial charge in [0.1, 0.15) is 36.8 Å². The van der Waals surface area contributed by atoms with Crippen LogP contribution < -0.4 is 0 Å². The molecule has 0 bridgehead atoms. The average molecular weight is 829 g/mol. The first-order valence-corrected chi connectivity index (χ1v) is 23.4. The molecule has 1 aliphatic rings. The van der Waals surface area contributed by atoms with Crippen molar-refractivity contribution in [1.82, 2.24) is 0 Å². The Labute approximate surface area is 343 Å². The van der Waals surface area contributed by atoms with Crippen LogP contribution in [0.3, 0.4) is 0 Å². The van der Waals surface area contributed by atoms with E-state index < -0.39 is 71.2 Å². The molecule has 0 aliphatic carbocycles. The Hall–Kier alpha value is -2.39. The number of hydrogen-bond donors (Lipinski definition) is 4. The summed E-state index contributed by atoms with van der Waals surface area (Å²) in [7, 11) is -4.61. The Morgan fingerprint density at radius 1 is 0.614 bits per heavy atom. The molecule has 1 rings (SSSR count). The van der Waals surface area contributed by atoms with Crippen molar-refractivity contribution in [3.8, 4) is 0 Å². The molecule has 6 atom stereocenters. The fraction of sp³-hybridized carbons (Fsp3) is 0.773. The van der Waals surface area contributed by atoms with E-state index in [1.807, 2.05) is 36.5 Å². The monoisotopic (exact) mass is 829 g/mol. The van der Waals surface area contributed by atoms with Gasteiger partial charge in [0.25, 0.3) is 10.1 Å². The summed E-state index contributed by atoms with van der Waals surface area (Å²) in [6.07, 6.45) is 30.2. The van der Waals surface area contributed by atoms with Crippen molar-refractivity contribution in [2.24, 2.45) is 0 Å². The van der Waals surface area contributed by atoms with E-state index in [2.05, 4.69) is 26.0 Å². The number of allylic oxidation sites excluding steroid dienone is 8. The van der Waals surface area contributed by atoms with Gasteiger partial charge in [-0.25, -0.2) is 0 Å². The number of aliphatic hydroxyl groups is 3. The highest BCUT2D eigenvalue weighted by molar-refractivity contribution is 7.85. The zero-order valence-electron chi connectivity index (χ0n) is 34.9. The van der Waals surface area contributed by atoms with E-state index in [1.54, 1.807) is 0 Å². The smallest absolute Gasteiger partial charge is 0.306 e. The lowest BCUT2D eigenvalue weighted by atomic mass is 10.00. The van der Waals surface area contributed by atoms with Crippen molar-refractivity contribution in [3.05, 3.63) is 48.6 Å². The van der Waals surface area contributed by atoms with Crippen LogP contribution >= 0.6 is 0 Å². The van der Waals surface area contributed by atoms with Gasteiger partial charge in [0.2, 0.25) is 0 Å². The van der Waals surface area contributed by atoms with E-state index in [1.165, 1.54) is 77.0 Å². The Bertz CT molecular complexity index is 1250. The maximum absolute atomic E-state index is 12.8. The van der Waals surface area contributed by atoms with Gasteiger partial charge in [0.05, 0.1) is 6.61 Å². The van der Waals surface area contributed by atoms with Gasteiger partial charge < -0.3 is 34.3 Å². The van der Waals surface area contributed by atoms with Crippen molar-refractivity contribution in [1.29, 1.82) is 0 Å². The minimum atomic E-state index is -4.61. The van der Waals surface area contributed by atoms with Crippen LogP contribution in [0.15, 0.2) is 48.6 Å². The summed E-state index contributed by atoms with van der Waals surface area (Å²) >= 11 is 0. The largest absolute Gasteiger partial charge is 0.462 e. The molecule has 57 heavy (non-hydrogen) atoms. The van der Waals surface area contributed by atoms with Gasteiger partial charge in [0.15, 0.2) is 12.4 Å². The molecule has 4 N–H and O–H groups in total. The van der Waals surface area contributed by atoms with E-state index in [4.69, 9.17) is 18.9 Å². The molecule has 0 amide bonds. The highest BCUT2D eigenvalue weighted by Gasteiger charge is 2.46. The number of rotatable bonds is 35. The predicted molar refractivity (Wildman–Crippen MR) is 224 cm³/mol. The molecular weight excluding hydrogens is 753 g/mol. The lowest BCUT2D eigenvalue weighted by molar-refractivity contribution is -0.297. The van der Waals surface area contributed by atoms with Crippen molar-refractivity contribution < 1.29 is 56.8 Å². The van der Waals surface area contributed by atoms with E-state index in [-0.39, 0.29) is 19.4 Å². The number of hydrogen-bond acceptors (Lipinski definition) is 11. The lowest BCUT2D eigenvalue weighted by Gasteiger charge is -2.40. The minimum absolute atomic E-state index is 0.118. The lowest BCUT2D eigenvalue weighted by Crippen LogP contribution is -2.60. The zero-order chi connectivity index (χ0) is 42.0. The third-order valence-electron chi connectivity index (χ3n) is 9.77. The highest BCUT2D eigenvalue weighted by atomic mass is 32.2. The van der Waals surface area contributed by atoms with Crippen LogP contribution in [0.2, 0.25) is 0 Å². The molecule has 0 aromatic carbocycles. The zero-order valence-corrected chi connectivity index (χ0v) is 35.7. The van der Waals surface area contributed by atoms with Crippen LogP contribution in [0.1, 0.15) is 162 Å². The van der Waals surface area contributed by atoms with Crippen molar-refractivity contribution in [3.63, 3.8) is 0 Å². The number of aliphatic hydroxyl groups excluding tert-OH is 3. The first kappa shape index (κ1) is 52.6. The van der Waals surface area contributed by atoms with Gasteiger partial charge >= 0.3 is 11.9 Å². The predicted octanol–water partition coefficient (Wildman–Crippen LogP) is 8.39. The highest BCUT2D eigenvalue weighted by Crippen LogP contribution is 2.24. The molecule has 12 nitrogen and oxygen atoms in total. The molecule has 1 saturated heterocycles. The van der Waals surface area contributed by atoms with E-state index in [0.29, 0.717) is 12.8 Å². The van der Waals surface area contributed by atoms with Crippen molar-refractivity contribution in [2.45, 2.75) is 198 Å². The van der Waals surface area contributed by atoms with Gasteiger partial charge in [-0.1, -0.05) is 165 Å². The second-order valence-corrected chi connectivity index (χ2v) is 16.6. The molecule has 1 heterocycles. The van der Waals surface area contributed by atoms with Crippen molar-refractivity contribution in [2.75, 3.05) is 19.0 Å². The Kier molecular flexibility index (Phi) is 31.8. The summed E-state index contributed by atoms with van der Waals surface area (Å²) in [5.41, 5.74) is 0. The summed E-state index contributed by atoms with van der Waals surface area (Å²) in [5.74, 6) is -2.03. The quantitative estimate of drug-likeness (QED) is 0.0207. The molecule has 0 aromatic rings. The summed E-state index contributed by atoms with van der Waals surface area (Å²) < 4.78 is 53.9. The number of carbonyl (C=O) groups excluding carboxylic acids is 2. The second-order valence-electron chi connectivity index (χ2n) is 15.1. The standard InChI is InChI=1S/C44H76O12S/c1-3-5-7-9-11-13-15-17-18-19-21-22-24-26-28-30-32-39(45)53-34-37(35-54-44-43(49)42(48)41(47)38(56-44)36-57(50,51)52)55-40(46)33-31-29-27-25-23-20-16-14-12-10-8-6-4-2/h6,8,10,12,14,16,20,23,37-38,41-44,47-49H,3-5,7,9,11,13,15,17-19,21-22,24-36H2,1-2H3,(H,50,51,52)/b8-6+,12-10+,16-14+,23-20+/t37?,38-,41-,42?,43?,44+/m1/s1. The van der Waals surface area contributed by atoms with Crippen LogP contribution in [0.4, 0.5) is 0 Å². The Balaban J connectivity index is 2.48. The molecule has 1 fully saturated rings. The number of ether oxygens (including phenoxy) is 4. The number of unbranched alkanes of at least 4 members (excludes halogenated alkanes) is 18. The maximum atomic E-state index is 12.8. The van der Waals surface area contributed by atoms with Crippen LogP contribution in [-0.4, -0.2) is 96.0 Å². The van der Waals surface area contributed by atoms with Gasteiger partial charge in [-0.3, -0.25) is 14.1 Å². The molecule has 3 unspecified atom stereocenters. The summed E-state index contributed by atoms with van der Waals surface area (Å²) in [6.45, 7) is 3.58. The normalized spacial score (nSPS) is 21.0. The maximum Gasteiger partial charge on any atom is 0.306 e. The van der Waals surface area contributed by atoms with Crippen LogP contribution in [0.25, 0.3) is 0 Å². The first-order chi connectivity index (χ1) is 27.5. The second kappa shape index (κ2) is 34.5.